The second-order valence-electron chi connectivity index (χ2n) is 8.14. The minimum atomic E-state index is 0.171. The number of aromatic nitrogens is 1. The largest absolute Gasteiger partial charge is 0.472 e. The van der Waals surface area contributed by atoms with Gasteiger partial charge in [0, 0.05) is 56.3 Å². The van der Waals surface area contributed by atoms with E-state index in [9.17, 15) is 0 Å². The van der Waals surface area contributed by atoms with E-state index >= 15 is 0 Å². The lowest BCUT2D eigenvalue weighted by Gasteiger charge is -2.63. The van der Waals surface area contributed by atoms with Gasteiger partial charge in [0.2, 0.25) is 5.88 Å². The van der Waals surface area contributed by atoms with Crippen molar-refractivity contribution < 1.29 is 9.47 Å². The standard InChI is InChI=1S/C20H28N4O2/c1-21-19(23-17-15-7-12-25-18(15)20(17)8-4-9-20)24-11-6-14(13-24)26-16-5-2-3-10-22-16/h2-3,5,10,14-15,17-18H,4,6-9,11-13H2,1H3,(H,21,23). The monoisotopic (exact) mass is 356 g/mol. The fourth-order valence-corrected chi connectivity index (χ4v) is 5.50. The fourth-order valence-electron chi connectivity index (χ4n) is 5.50. The van der Waals surface area contributed by atoms with Gasteiger partial charge in [-0.1, -0.05) is 12.5 Å². The predicted octanol–water partition coefficient (Wildman–Crippen LogP) is 2.07. The van der Waals surface area contributed by atoms with E-state index in [2.05, 4.69) is 20.2 Å². The summed E-state index contributed by atoms with van der Waals surface area (Å²) in [4.78, 5) is 11.2. The Balaban J connectivity index is 1.22. The minimum Gasteiger partial charge on any atom is -0.472 e. The molecule has 26 heavy (non-hydrogen) atoms. The smallest absolute Gasteiger partial charge is 0.213 e. The zero-order chi connectivity index (χ0) is 17.6. The first-order chi connectivity index (χ1) is 12.8. The molecule has 0 amide bonds. The molecule has 0 radical (unpaired) electrons. The van der Waals surface area contributed by atoms with Gasteiger partial charge < -0.3 is 19.7 Å². The molecule has 0 aromatic carbocycles. The number of hydrogen-bond acceptors (Lipinski definition) is 4. The van der Waals surface area contributed by atoms with Crippen molar-refractivity contribution in [1.29, 1.82) is 0 Å². The Hall–Kier alpha value is -1.82. The quantitative estimate of drug-likeness (QED) is 0.664. The third-order valence-electron chi connectivity index (χ3n) is 6.90. The summed E-state index contributed by atoms with van der Waals surface area (Å²) in [5.41, 5.74) is 0.376. The van der Waals surface area contributed by atoms with E-state index in [1.165, 1.54) is 25.7 Å². The van der Waals surface area contributed by atoms with Crippen molar-refractivity contribution in [3.05, 3.63) is 24.4 Å². The van der Waals surface area contributed by atoms with Crippen molar-refractivity contribution in [3.63, 3.8) is 0 Å². The summed E-state index contributed by atoms with van der Waals surface area (Å²) in [6.45, 7) is 2.76. The normalized spacial score (nSPS) is 35.0. The van der Waals surface area contributed by atoms with E-state index in [0.29, 0.717) is 29.4 Å². The number of nitrogens with one attached hydrogen (secondary N) is 1. The topological polar surface area (TPSA) is 59.0 Å². The van der Waals surface area contributed by atoms with Crippen LogP contribution in [0.25, 0.3) is 0 Å². The highest BCUT2D eigenvalue weighted by Crippen LogP contribution is 2.62. The number of rotatable bonds is 3. The van der Waals surface area contributed by atoms with Crippen molar-refractivity contribution in [1.82, 2.24) is 15.2 Å². The van der Waals surface area contributed by atoms with E-state index in [1.807, 2.05) is 25.2 Å². The average Bonchev–Trinajstić information content (AvgIpc) is 3.24. The molecule has 0 bridgehead atoms. The molecule has 140 valence electrons. The highest BCUT2D eigenvalue weighted by atomic mass is 16.5. The number of fused-ring (bicyclic) bond motifs is 2. The van der Waals surface area contributed by atoms with Gasteiger partial charge in [-0.2, -0.15) is 0 Å². The molecule has 6 heteroatoms. The number of guanidine groups is 1. The van der Waals surface area contributed by atoms with Gasteiger partial charge in [-0.3, -0.25) is 4.99 Å². The zero-order valence-corrected chi connectivity index (χ0v) is 15.4. The van der Waals surface area contributed by atoms with Gasteiger partial charge in [0.25, 0.3) is 0 Å². The van der Waals surface area contributed by atoms with Gasteiger partial charge in [0.15, 0.2) is 5.96 Å². The Morgan fingerprint density at radius 3 is 3.04 bits per heavy atom. The molecule has 2 saturated heterocycles. The maximum atomic E-state index is 6.04. The molecule has 1 aromatic rings. The molecular formula is C20H28N4O2. The van der Waals surface area contributed by atoms with Crippen molar-refractivity contribution in [2.24, 2.45) is 16.3 Å². The van der Waals surface area contributed by atoms with Crippen LogP contribution in [0.3, 0.4) is 0 Å². The molecule has 4 unspecified atom stereocenters. The Kier molecular flexibility index (Phi) is 4.03. The van der Waals surface area contributed by atoms with Crippen LogP contribution in [0.15, 0.2) is 29.4 Å². The number of nitrogens with zero attached hydrogens (tertiary/aromatic N) is 3. The molecule has 1 N–H and O–H groups in total. The summed E-state index contributed by atoms with van der Waals surface area (Å²) < 4.78 is 12.1. The lowest BCUT2D eigenvalue weighted by atomic mass is 9.46. The first-order valence-corrected chi connectivity index (χ1v) is 9.98. The number of ether oxygens (including phenoxy) is 2. The first-order valence-electron chi connectivity index (χ1n) is 9.98. The van der Waals surface area contributed by atoms with Crippen molar-refractivity contribution >= 4 is 5.96 Å². The molecule has 2 aliphatic carbocycles. The molecule has 3 heterocycles. The van der Waals surface area contributed by atoms with Crippen molar-refractivity contribution in [2.75, 3.05) is 26.7 Å². The van der Waals surface area contributed by atoms with E-state index in [-0.39, 0.29) is 6.10 Å². The van der Waals surface area contributed by atoms with Crippen molar-refractivity contribution in [3.8, 4) is 5.88 Å². The van der Waals surface area contributed by atoms with Crippen LogP contribution in [0, 0.1) is 11.3 Å². The van der Waals surface area contributed by atoms with E-state index in [1.54, 1.807) is 6.20 Å². The summed E-state index contributed by atoms with van der Waals surface area (Å²) in [5.74, 6) is 2.40. The molecule has 1 aromatic heterocycles. The molecule has 4 atom stereocenters. The molecular weight excluding hydrogens is 328 g/mol. The highest BCUT2D eigenvalue weighted by molar-refractivity contribution is 5.81. The molecule has 4 aliphatic rings. The number of likely N-dealkylation sites (tertiary alicyclic amines) is 1. The summed E-state index contributed by atoms with van der Waals surface area (Å²) in [6.07, 6.45) is 8.57. The molecule has 5 rings (SSSR count). The predicted molar refractivity (Wildman–Crippen MR) is 99.3 cm³/mol. The average molecular weight is 356 g/mol. The molecule has 6 nitrogen and oxygen atoms in total. The third kappa shape index (κ3) is 2.49. The maximum absolute atomic E-state index is 6.04. The summed E-state index contributed by atoms with van der Waals surface area (Å²) in [7, 11) is 1.89. The van der Waals surface area contributed by atoms with Crippen LogP contribution in [0.2, 0.25) is 0 Å². The Bertz CT molecular complexity index is 676. The van der Waals surface area contributed by atoms with Crippen molar-refractivity contribution in [2.45, 2.75) is 50.4 Å². The lowest BCUT2D eigenvalue weighted by molar-refractivity contribution is -0.171. The molecule has 4 fully saturated rings. The van der Waals surface area contributed by atoms with Crippen LogP contribution in [0.5, 0.6) is 5.88 Å². The SMILES string of the molecule is CN=C(NC1C2CCOC2C12CCC2)N1CCC(Oc2ccccn2)C1. The van der Waals surface area contributed by atoms with E-state index in [0.717, 1.165) is 32.1 Å². The molecule has 2 aliphatic heterocycles. The van der Waals surface area contributed by atoms with E-state index < -0.39 is 0 Å². The van der Waals surface area contributed by atoms with E-state index in [4.69, 9.17) is 9.47 Å². The van der Waals surface area contributed by atoms with Gasteiger partial charge in [0.05, 0.1) is 12.6 Å². The van der Waals surface area contributed by atoms with Crippen LogP contribution in [-0.4, -0.2) is 60.8 Å². The Labute approximate surface area is 155 Å². The zero-order valence-electron chi connectivity index (χ0n) is 15.4. The van der Waals surface area contributed by atoms with Gasteiger partial charge in [0.1, 0.15) is 6.10 Å². The number of hydrogen-bond donors (Lipinski definition) is 1. The van der Waals surface area contributed by atoms with Crippen LogP contribution < -0.4 is 10.1 Å². The third-order valence-corrected chi connectivity index (χ3v) is 6.90. The second-order valence-corrected chi connectivity index (χ2v) is 8.14. The summed E-state index contributed by atoms with van der Waals surface area (Å²) in [5, 5.41) is 3.82. The van der Waals surface area contributed by atoms with Gasteiger partial charge >= 0.3 is 0 Å². The second kappa shape index (κ2) is 6.41. The maximum Gasteiger partial charge on any atom is 0.213 e. The number of pyridine rings is 1. The Morgan fingerprint density at radius 2 is 2.31 bits per heavy atom. The van der Waals surface area contributed by atoms with Crippen LogP contribution in [0.1, 0.15) is 32.1 Å². The first kappa shape index (κ1) is 16.4. The minimum absolute atomic E-state index is 0.171. The molecule has 2 saturated carbocycles. The summed E-state index contributed by atoms with van der Waals surface area (Å²) in [6, 6.07) is 6.32. The lowest BCUT2D eigenvalue weighted by Crippen LogP contribution is -2.72. The van der Waals surface area contributed by atoms with Crippen LogP contribution >= 0.6 is 0 Å². The molecule has 1 spiro atoms. The van der Waals surface area contributed by atoms with Gasteiger partial charge in [-0.25, -0.2) is 4.98 Å². The van der Waals surface area contributed by atoms with Gasteiger partial charge in [-0.05, 0) is 25.3 Å². The van der Waals surface area contributed by atoms with Gasteiger partial charge in [-0.15, -0.1) is 0 Å². The Morgan fingerprint density at radius 1 is 1.38 bits per heavy atom. The van der Waals surface area contributed by atoms with Crippen LogP contribution in [-0.2, 0) is 4.74 Å². The fraction of sp³-hybridized carbons (Fsp3) is 0.700. The summed E-state index contributed by atoms with van der Waals surface area (Å²) >= 11 is 0. The highest BCUT2D eigenvalue weighted by Gasteiger charge is 2.66. The van der Waals surface area contributed by atoms with Crippen LogP contribution in [0.4, 0.5) is 0 Å². The number of aliphatic imine (C=N–C) groups is 1.